The lowest BCUT2D eigenvalue weighted by molar-refractivity contribution is -0.139. The summed E-state index contributed by atoms with van der Waals surface area (Å²) in [5, 5.41) is 4.46. The number of aryl methyl sites for hydroxylation is 1. The summed E-state index contributed by atoms with van der Waals surface area (Å²) in [6.07, 6.45) is 5.25. The quantitative estimate of drug-likeness (QED) is 0.853. The Morgan fingerprint density at radius 2 is 1.95 bits per heavy atom. The summed E-state index contributed by atoms with van der Waals surface area (Å²) in [5.41, 5.74) is -0.0626. The second kappa shape index (κ2) is 5.89. The molecule has 0 N–H and O–H groups in total. The molecule has 1 aliphatic carbocycles. The van der Waals surface area contributed by atoms with E-state index in [1.165, 1.54) is 11.1 Å². The third-order valence-electron chi connectivity index (χ3n) is 5.05. The van der Waals surface area contributed by atoms with E-state index >= 15 is 0 Å². The molecular weight excluding hydrogens is 280 g/mol. The molecule has 6 heteroatoms. The van der Waals surface area contributed by atoms with Crippen molar-refractivity contribution in [3.05, 3.63) is 16.3 Å². The first-order valence-corrected chi connectivity index (χ1v) is 8.43. The van der Waals surface area contributed by atoms with Gasteiger partial charge in [0.25, 0.3) is 0 Å². The van der Waals surface area contributed by atoms with Crippen molar-refractivity contribution in [1.29, 1.82) is 0 Å². The fraction of sp³-hybridized carbons (Fsp3) is 0.812. The van der Waals surface area contributed by atoms with E-state index in [1.54, 1.807) is 11.6 Å². The van der Waals surface area contributed by atoms with Gasteiger partial charge in [-0.05, 0) is 39.5 Å². The molecule has 1 aromatic rings. The third-order valence-corrected chi connectivity index (χ3v) is 5.05. The first-order chi connectivity index (χ1) is 10.5. The van der Waals surface area contributed by atoms with Crippen molar-refractivity contribution in [3.63, 3.8) is 0 Å². The monoisotopic (exact) mass is 306 g/mol. The van der Waals surface area contributed by atoms with E-state index in [0.717, 1.165) is 38.1 Å². The molecule has 0 bridgehead atoms. The number of hydrogen-bond donors (Lipinski definition) is 0. The third kappa shape index (κ3) is 2.59. The Morgan fingerprint density at radius 1 is 1.23 bits per heavy atom. The molecule has 2 fully saturated rings. The van der Waals surface area contributed by atoms with Crippen molar-refractivity contribution in [1.82, 2.24) is 19.2 Å². The fourth-order valence-corrected chi connectivity index (χ4v) is 3.56. The van der Waals surface area contributed by atoms with Crippen molar-refractivity contribution in [2.45, 2.75) is 57.9 Å². The van der Waals surface area contributed by atoms with E-state index in [0.29, 0.717) is 12.5 Å². The van der Waals surface area contributed by atoms with Gasteiger partial charge >= 0.3 is 5.69 Å². The van der Waals surface area contributed by atoms with E-state index in [-0.39, 0.29) is 23.6 Å². The standard InChI is InChI=1S/C16H26N4O2/c1-11(2)20-14(17-18(3)16(20)22)13-8-5-9-19(10-13)15(21)12-6-4-7-12/h11-13H,4-10H2,1-3H3. The number of nitrogens with zero attached hydrogens (tertiary/aromatic N) is 4. The van der Waals surface area contributed by atoms with E-state index in [9.17, 15) is 9.59 Å². The van der Waals surface area contributed by atoms with Crippen LogP contribution in [0.5, 0.6) is 0 Å². The maximum Gasteiger partial charge on any atom is 0.345 e. The maximum absolute atomic E-state index is 12.5. The Hall–Kier alpha value is -1.59. The van der Waals surface area contributed by atoms with Crippen molar-refractivity contribution in [2.75, 3.05) is 13.1 Å². The molecule has 122 valence electrons. The molecule has 0 radical (unpaired) electrons. The SMILES string of the molecule is CC(C)n1c(C2CCCN(C(=O)C3CCC3)C2)nn(C)c1=O. The zero-order valence-corrected chi connectivity index (χ0v) is 13.8. The summed E-state index contributed by atoms with van der Waals surface area (Å²) in [4.78, 5) is 26.7. The van der Waals surface area contributed by atoms with Crippen molar-refractivity contribution < 1.29 is 4.79 Å². The van der Waals surface area contributed by atoms with Crippen LogP contribution in [0, 0.1) is 5.92 Å². The highest BCUT2D eigenvalue weighted by molar-refractivity contribution is 5.79. The second-order valence-corrected chi connectivity index (χ2v) is 6.98. The first kappa shape index (κ1) is 15.3. The van der Waals surface area contributed by atoms with Crippen molar-refractivity contribution in [2.24, 2.45) is 13.0 Å². The minimum Gasteiger partial charge on any atom is -0.342 e. The number of carbonyl (C=O) groups excluding carboxylic acids is 1. The summed E-state index contributed by atoms with van der Waals surface area (Å²) < 4.78 is 3.20. The molecule has 2 heterocycles. The smallest absolute Gasteiger partial charge is 0.342 e. The van der Waals surface area contributed by atoms with Gasteiger partial charge in [-0.1, -0.05) is 6.42 Å². The minimum atomic E-state index is -0.0626. The number of hydrogen-bond acceptors (Lipinski definition) is 3. The van der Waals surface area contributed by atoms with Crippen LogP contribution in [-0.2, 0) is 11.8 Å². The van der Waals surface area contributed by atoms with Gasteiger partial charge in [-0.15, -0.1) is 0 Å². The molecule has 1 aromatic heterocycles. The highest BCUT2D eigenvalue weighted by Gasteiger charge is 2.34. The van der Waals surface area contributed by atoms with Crippen LogP contribution in [0.4, 0.5) is 0 Å². The normalized spacial score (nSPS) is 22.9. The van der Waals surface area contributed by atoms with Crippen LogP contribution >= 0.6 is 0 Å². The molecule has 1 amide bonds. The molecule has 2 aliphatic rings. The summed E-state index contributed by atoms with van der Waals surface area (Å²) in [6.45, 7) is 5.57. The van der Waals surface area contributed by atoms with Gasteiger partial charge in [0.15, 0.2) is 0 Å². The molecule has 0 aromatic carbocycles. The fourth-order valence-electron chi connectivity index (χ4n) is 3.56. The molecule has 1 saturated heterocycles. The number of rotatable bonds is 3. The van der Waals surface area contributed by atoms with Gasteiger partial charge in [0, 0.05) is 38.0 Å². The number of piperidine rings is 1. The Balaban J connectivity index is 1.81. The average Bonchev–Trinajstić information content (AvgIpc) is 2.73. The Labute approximate surface area is 131 Å². The predicted octanol–water partition coefficient (Wildman–Crippen LogP) is 1.67. The van der Waals surface area contributed by atoms with Crippen LogP contribution in [0.3, 0.4) is 0 Å². The van der Waals surface area contributed by atoms with Gasteiger partial charge < -0.3 is 4.90 Å². The number of aromatic nitrogens is 3. The van der Waals surface area contributed by atoms with Crippen LogP contribution in [0.15, 0.2) is 4.79 Å². The molecule has 1 saturated carbocycles. The van der Waals surface area contributed by atoms with Crippen molar-refractivity contribution >= 4 is 5.91 Å². The van der Waals surface area contributed by atoms with E-state index < -0.39 is 0 Å². The van der Waals surface area contributed by atoms with Crippen LogP contribution in [0.2, 0.25) is 0 Å². The zero-order chi connectivity index (χ0) is 15.9. The molecule has 1 unspecified atom stereocenters. The molecule has 6 nitrogen and oxygen atoms in total. The van der Waals surface area contributed by atoms with Gasteiger partial charge in [0.05, 0.1) is 0 Å². The predicted molar refractivity (Wildman–Crippen MR) is 83.7 cm³/mol. The number of carbonyl (C=O) groups is 1. The van der Waals surface area contributed by atoms with E-state index in [1.807, 2.05) is 18.7 Å². The lowest BCUT2D eigenvalue weighted by atomic mass is 9.83. The minimum absolute atomic E-state index is 0.0626. The molecule has 0 spiro atoms. The highest BCUT2D eigenvalue weighted by atomic mass is 16.2. The Morgan fingerprint density at radius 3 is 2.55 bits per heavy atom. The maximum atomic E-state index is 12.5. The summed E-state index contributed by atoms with van der Waals surface area (Å²) >= 11 is 0. The first-order valence-electron chi connectivity index (χ1n) is 8.43. The number of likely N-dealkylation sites (tertiary alicyclic amines) is 1. The van der Waals surface area contributed by atoms with Gasteiger partial charge in [0.1, 0.15) is 5.82 Å². The second-order valence-electron chi connectivity index (χ2n) is 6.98. The molecule has 22 heavy (non-hydrogen) atoms. The topological polar surface area (TPSA) is 60.1 Å². The van der Waals surface area contributed by atoms with Crippen LogP contribution in [-0.4, -0.2) is 38.2 Å². The van der Waals surface area contributed by atoms with Gasteiger partial charge in [-0.3, -0.25) is 9.36 Å². The molecule has 3 rings (SSSR count). The Bertz CT molecular complexity index is 612. The van der Waals surface area contributed by atoms with Gasteiger partial charge in [0.2, 0.25) is 5.91 Å². The molecular formula is C16H26N4O2. The average molecular weight is 306 g/mol. The van der Waals surface area contributed by atoms with Crippen LogP contribution in [0.1, 0.15) is 63.7 Å². The summed E-state index contributed by atoms with van der Waals surface area (Å²) in [5.74, 6) is 1.57. The van der Waals surface area contributed by atoms with Gasteiger partial charge in [-0.25, -0.2) is 9.48 Å². The number of amides is 1. The zero-order valence-electron chi connectivity index (χ0n) is 13.8. The van der Waals surface area contributed by atoms with E-state index in [4.69, 9.17) is 0 Å². The highest BCUT2D eigenvalue weighted by Crippen LogP contribution is 2.32. The van der Waals surface area contributed by atoms with Crippen molar-refractivity contribution in [3.8, 4) is 0 Å². The summed E-state index contributed by atoms with van der Waals surface area (Å²) in [7, 11) is 1.70. The van der Waals surface area contributed by atoms with E-state index in [2.05, 4.69) is 5.10 Å². The molecule has 1 atom stereocenters. The van der Waals surface area contributed by atoms with Crippen LogP contribution < -0.4 is 5.69 Å². The van der Waals surface area contributed by atoms with Gasteiger partial charge in [-0.2, -0.15) is 5.10 Å². The largest absolute Gasteiger partial charge is 0.345 e. The molecule has 1 aliphatic heterocycles. The van der Waals surface area contributed by atoms with Crippen LogP contribution in [0.25, 0.3) is 0 Å². The Kier molecular flexibility index (Phi) is 4.10. The lowest BCUT2D eigenvalue weighted by Gasteiger charge is -2.37. The summed E-state index contributed by atoms with van der Waals surface area (Å²) in [6, 6.07) is 0.0916. The lowest BCUT2D eigenvalue weighted by Crippen LogP contribution is -2.44.